The lowest BCUT2D eigenvalue weighted by molar-refractivity contribution is -0.140. The van der Waals surface area contributed by atoms with Crippen molar-refractivity contribution in [2.24, 2.45) is 5.16 Å². The first-order chi connectivity index (χ1) is 20.1. The molecule has 0 aromatic heterocycles. The van der Waals surface area contributed by atoms with E-state index in [0.29, 0.717) is 44.6 Å². The van der Waals surface area contributed by atoms with Crippen molar-refractivity contribution < 1.29 is 38.2 Å². The van der Waals surface area contributed by atoms with Gasteiger partial charge >= 0.3 is 6.09 Å². The van der Waals surface area contributed by atoms with Gasteiger partial charge in [-0.3, -0.25) is 19.3 Å². The lowest BCUT2D eigenvalue weighted by Gasteiger charge is -2.26. The second-order valence-corrected chi connectivity index (χ2v) is 11.8. The Morgan fingerprint density at radius 1 is 1.17 bits per heavy atom. The van der Waals surface area contributed by atoms with Crippen LogP contribution in [0.25, 0.3) is 0 Å². The molecule has 5 rings (SSSR count). The molecule has 3 aliphatic heterocycles. The molecule has 12 heteroatoms. The van der Waals surface area contributed by atoms with Gasteiger partial charge in [0.05, 0.1) is 38.6 Å². The molecule has 3 amide bonds. The summed E-state index contributed by atoms with van der Waals surface area (Å²) in [5.74, 6) is -1.11. The normalized spacial score (nSPS) is 25.5. The molecule has 42 heavy (non-hydrogen) atoms. The quantitative estimate of drug-likeness (QED) is 0.399. The first-order valence-corrected chi connectivity index (χ1v) is 14.7. The van der Waals surface area contributed by atoms with Crippen molar-refractivity contribution in [1.82, 2.24) is 15.5 Å². The van der Waals surface area contributed by atoms with Gasteiger partial charge in [0.15, 0.2) is 5.60 Å². The van der Waals surface area contributed by atoms with Gasteiger partial charge in [-0.2, -0.15) is 0 Å². The van der Waals surface area contributed by atoms with Crippen molar-refractivity contribution in [3.8, 4) is 5.75 Å². The van der Waals surface area contributed by atoms with Crippen LogP contribution in [0.15, 0.2) is 17.3 Å². The number of carbonyl (C=O) groups is 4. The highest BCUT2D eigenvalue weighted by Gasteiger charge is 2.55. The molecule has 228 valence electrons. The average Bonchev–Trinajstić information content (AvgIpc) is 3.32. The van der Waals surface area contributed by atoms with Crippen LogP contribution in [0.5, 0.6) is 5.75 Å². The fraction of sp³-hybridized carbons (Fsp3) is 0.633. The summed E-state index contributed by atoms with van der Waals surface area (Å²) in [6, 6.07) is 2.00. The molecule has 1 aromatic rings. The van der Waals surface area contributed by atoms with E-state index in [-0.39, 0.29) is 19.0 Å². The minimum atomic E-state index is -1.000. The van der Waals surface area contributed by atoms with Crippen LogP contribution < -0.4 is 15.4 Å². The highest BCUT2D eigenvalue weighted by Crippen LogP contribution is 2.40. The summed E-state index contributed by atoms with van der Waals surface area (Å²) < 4.78 is 16.5. The number of nitrogens with one attached hydrogen (secondary N) is 2. The summed E-state index contributed by atoms with van der Waals surface area (Å²) in [5.41, 5.74) is 2.56. The third-order valence-corrected chi connectivity index (χ3v) is 8.28. The van der Waals surface area contributed by atoms with E-state index in [1.807, 2.05) is 32.9 Å². The van der Waals surface area contributed by atoms with E-state index in [4.69, 9.17) is 19.0 Å². The fourth-order valence-corrected chi connectivity index (χ4v) is 5.97. The maximum Gasteiger partial charge on any atom is 0.410 e. The number of ketones is 1. The smallest absolute Gasteiger partial charge is 0.410 e. The lowest BCUT2D eigenvalue weighted by Crippen LogP contribution is -2.53. The van der Waals surface area contributed by atoms with E-state index < -0.39 is 47.5 Å². The molecule has 3 fully saturated rings. The summed E-state index contributed by atoms with van der Waals surface area (Å²) >= 11 is 0. The monoisotopic (exact) mass is 584 g/mol. The summed E-state index contributed by atoms with van der Waals surface area (Å²) in [5, 5.41) is 9.84. The molecule has 4 aliphatic rings. The number of ether oxygens (including phenoxy) is 3. The zero-order valence-corrected chi connectivity index (χ0v) is 24.7. The molecule has 12 nitrogen and oxygen atoms in total. The van der Waals surface area contributed by atoms with E-state index in [1.54, 1.807) is 7.11 Å². The molecule has 2 N–H and O–H groups in total. The molecule has 1 saturated carbocycles. The van der Waals surface area contributed by atoms with Crippen LogP contribution >= 0.6 is 0 Å². The van der Waals surface area contributed by atoms with E-state index in [1.165, 1.54) is 4.90 Å². The van der Waals surface area contributed by atoms with E-state index >= 15 is 0 Å². The van der Waals surface area contributed by atoms with Gasteiger partial charge in [-0.25, -0.2) is 4.79 Å². The van der Waals surface area contributed by atoms with Crippen molar-refractivity contribution in [2.45, 2.75) is 95.5 Å². The van der Waals surface area contributed by atoms with Crippen LogP contribution in [-0.2, 0) is 28.7 Å². The molecule has 3 heterocycles. The molecular weight excluding hydrogens is 544 g/mol. The Balaban J connectivity index is 1.34. The predicted octanol–water partition coefficient (Wildman–Crippen LogP) is 2.31. The zero-order chi connectivity index (χ0) is 30.0. The van der Waals surface area contributed by atoms with Crippen molar-refractivity contribution in [1.29, 1.82) is 0 Å². The topological polar surface area (TPSA) is 145 Å². The maximum absolute atomic E-state index is 13.7. The lowest BCUT2D eigenvalue weighted by atomic mass is 9.90. The largest absolute Gasteiger partial charge is 0.496 e. The third-order valence-electron chi connectivity index (χ3n) is 8.28. The van der Waals surface area contributed by atoms with Crippen molar-refractivity contribution in [2.75, 3.05) is 26.9 Å². The summed E-state index contributed by atoms with van der Waals surface area (Å²) in [6.07, 6.45) is 2.61. The average molecular weight is 585 g/mol. The number of aryl methyl sites for hydroxylation is 2. The molecule has 1 aromatic carbocycles. The maximum atomic E-state index is 13.7. The van der Waals surface area contributed by atoms with Gasteiger partial charge in [0, 0.05) is 30.9 Å². The highest BCUT2D eigenvalue weighted by molar-refractivity contribution is 6.38. The Morgan fingerprint density at radius 3 is 2.52 bits per heavy atom. The number of nitrogens with zero attached hydrogens (tertiary/aromatic N) is 2. The number of hydrogen-bond donors (Lipinski definition) is 2. The SMILES string of the molecule is CCC[C@H](NC(=O)[C@@H]1C[C@]2(CC(c3cc(C)c(OC)c(C)c3)=NO2)CN1C(=O)O[C@H]1CCOC1)C(=O)C(=O)NC1CC1. The Labute approximate surface area is 245 Å². The number of methoxy groups -OCH3 is 1. The molecule has 4 atom stereocenters. The number of likely N-dealkylation sites (tertiary alicyclic amines) is 1. The van der Waals surface area contributed by atoms with Gasteiger partial charge in [-0.05, 0) is 56.4 Å². The molecular formula is C30H40N4O8. The number of carbonyl (C=O) groups excluding carboxylic acids is 4. The number of amides is 3. The van der Waals surface area contributed by atoms with Crippen molar-refractivity contribution in [3.05, 3.63) is 28.8 Å². The first kappa shape index (κ1) is 29.8. The van der Waals surface area contributed by atoms with Crippen molar-refractivity contribution in [3.63, 3.8) is 0 Å². The number of oxime groups is 1. The molecule has 0 bridgehead atoms. The molecule has 1 spiro atoms. The number of Topliss-reactive ketones (excluding diaryl/α,β-unsaturated/α-hetero) is 1. The van der Waals surface area contributed by atoms with Crippen LogP contribution in [0.4, 0.5) is 4.79 Å². The summed E-state index contributed by atoms with van der Waals surface area (Å²) in [7, 11) is 1.63. The van der Waals surface area contributed by atoms with Crippen LogP contribution in [0, 0.1) is 13.8 Å². The minimum absolute atomic E-state index is 0.0194. The fourth-order valence-electron chi connectivity index (χ4n) is 5.97. The highest BCUT2D eigenvalue weighted by atomic mass is 16.7. The van der Waals surface area contributed by atoms with Crippen molar-refractivity contribution >= 4 is 29.4 Å². The van der Waals surface area contributed by atoms with Gasteiger partial charge in [0.25, 0.3) is 5.91 Å². The van der Waals surface area contributed by atoms with Gasteiger partial charge in [-0.15, -0.1) is 0 Å². The summed E-state index contributed by atoms with van der Waals surface area (Å²) in [4.78, 5) is 59.9. The predicted molar refractivity (Wildman–Crippen MR) is 151 cm³/mol. The molecule has 1 aliphatic carbocycles. The van der Waals surface area contributed by atoms with Gasteiger partial charge in [0.2, 0.25) is 11.7 Å². The minimum Gasteiger partial charge on any atom is -0.496 e. The molecule has 2 saturated heterocycles. The zero-order valence-electron chi connectivity index (χ0n) is 24.7. The van der Waals surface area contributed by atoms with Crippen LogP contribution in [-0.4, -0.2) is 91.0 Å². The second-order valence-electron chi connectivity index (χ2n) is 11.8. The second kappa shape index (κ2) is 12.3. The van der Waals surface area contributed by atoms with Gasteiger partial charge in [0.1, 0.15) is 17.9 Å². The molecule has 0 unspecified atom stereocenters. The van der Waals surface area contributed by atoms with Crippen LogP contribution in [0.3, 0.4) is 0 Å². The Hall–Kier alpha value is -3.67. The Morgan fingerprint density at radius 2 is 1.90 bits per heavy atom. The number of benzene rings is 1. The Kier molecular flexibility index (Phi) is 8.72. The van der Waals surface area contributed by atoms with E-state index in [2.05, 4.69) is 15.8 Å². The number of rotatable bonds is 10. The van der Waals surface area contributed by atoms with Crippen LogP contribution in [0.1, 0.15) is 68.6 Å². The standard InChI is InChI=1S/C30H40N4O8/c1-5-6-22(25(35)28(37)31-20-7-8-20)32-27(36)24-14-30(16-34(24)29(38)41-21-9-10-40-15-21)13-23(33-42-30)19-11-17(2)26(39-4)18(3)12-19/h11-12,20-22,24H,5-10,13-16H2,1-4H3,(H,31,37)(H,32,36)/t21-,22-,24-,30+/m0/s1. The first-order valence-electron chi connectivity index (χ1n) is 14.7. The van der Waals surface area contributed by atoms with Gasteiger partial charge in [-0.1, -0.05) is 18.5 Å². The van der Waals surface area contributed by atoms with E-state index in [0.717, 1.165) is 35.3 Å². The number of hydrogen-bond acceptors (Lipinski definition) is 9. The third kappa shape index (κ3) is 6.38. The van der Waals surface area contributed by atoms with Gasteiger partial charge < -0.3 is 29.7 Å². The summed E-state index contributed by atoms with van der Waals surface area (Å²) in [6.45, 7) is 6.66. The van der Waals surface area contributed by atoms with Crippen LogP contribution in [0.2, 0.25) is 0 Å². The Bertz CT molecular complexity index is 1250. The van der Waals surface area contributed by atoms with E-state index in [9.17, 15) is 19.2 Å². The molecule has 0 radical (unpaired) electrons.